The molecule has 1 aliphatic heterocycles. The molecule has 19 heavy (non-hydrogen) atoms. The molecule has 0 bridgehead atoms. The zero-order valence-electron chi connectivity index (χ0n) is 12.3. The van der Waals surface area contributed by atoms with Gasteiger partial charge in [0, 0.05) is 18.3 Å². The van der Waals surface area contributed by atoms with Crippen LogP contribution in [0.1, 0.15) is 32.6 Å². The highest BCUT2D eigenvalue weighted by molar-refractivity contribution is 5.79. The van der Waals surface area contributed by atoms with Gasteiger partial charge in [-0.15, -0.1) is 0 Å². The van der Waals surface area contributed by atoms with Gasteiger partial charge >= 0.3 is 0 Å². The van der Waals surface area contributed by atoms with E-state index >= 15 is 0 Å². The average Bonchev–Trinajstić information content (AvgIpc) is 3.06. The first kappa shape index (κ1) is 14.1. The highest BCUT2D eigenvalue weighted by Crippen LogP contribution is 2.15. The van der Waals surface area contributed by atoms with E-state index in [1.54, 1.807) is 0 Å². The number of aromatic nitrogens is 1. The van der Waals surface area contributed by atoms with E-state index in [-0.39, 0.29) is 0 Å². The van der Waals surface area contributed by atoms with Gasteiger partial charge in [-0.05, 0) is 56.9 Å². The normalized spacial score (nSPS) is 15.5. The van der Waals surface area contributed by atoms with Crippen LogP contribution in [0.5, 0.6) is 0 Å². The first-order valence-corrected chi connectivity index (χ1v) is 7.53. The largest absolute Gasteiger partial charge is 0.347 e. The summed E-state index contributed by atoms with van der Waals surface area (Å²) in [7, 11) is 2.17. The van der Waals surface area contributed by atoms with Gasteiger partial charge in [0.15, 0.2) is 0 Å². The molecule has 104 valence electrons. The Hall–Kier alpha value is -1.28. The van der Waals surface area contributed by atoms with Crippen molar-refractivity contribution in [2.24, 2.45) is 0 Å². The predicted octanol–water partition coefficient (Wildman–Crippen LogP) is 4.15. The Bertz CT molecular complexity index is 481. The van der Waals surface area contributed by atoms with Crippen LogP contribution >= 0.6 is 0 Å². The SMILES string of the molecule is CCCCn1ccc2ccccc21.CN1CCCC1. The highest BCUT2D eigenvalue weighted by Gasteiger charge is 2.03. The second kappa shape index (κ2) is 7.34. The molecule has 1 fully saturated rings. The van der Waals surface area contributed by atoms with E-state index in [0.717, 1.165) is 6.54 Å². The van der Waals surface area contributed by atoms with E-state index in [1.165, 1.54) is 49.7 Å². The molecule has 1 aliphatic rings. The maximum atomic E-state index is 2.36. The third kappa shape index (κ3) is 4.10. The Balaban J connectivity index is 0.000000186. The topological polar surface area (TPSA) is 8.17 Å². The predicted molar refractivity (Wildman–Crippen MR) is 83.6 cm³/mol. The monoisotopic (exact) mass is 258 g/mol. The smallest absolute Gasteiger partial charge is 0.0480 e. The van der Waals surface area contributed by atoms with Gasteiger partial charge < -0.3 is 9.47 Å². The minimum Gasteiger partial charge on any atom is -0.347 e. The number of rotatable bonds is 3. The summed E-state index contributed by atoms with van der Waals surface area (Å²) < 4.78 is 2.33. The van der Waals surface area contributed by atoms with E-state index in [2.05, 4.69) is 60.0 Å². The summed E-state index contributed by atoms with van der Waals surface area (Å²) in [4.78, 5) is 2.36. The quantitative estimate of drug-likeness (QED) is 0.803. The van der Waals surface area contributed by atoms with Gasteiger partial charge in [0.2, 0.25) is 0 Å². The van der Waals surface area contributed by atoms with Gasteiger partial charge in [0.05, 0.1) is 0 Å². The van der Waals surface area contributed by atoms with Crippen molar-refractivity contribution in [2.75, 3.05) is 20.1 Å². The van der Waals surface area contributed by atoms with Gasteiger partial charge in [-0.3, -0.25) is 0 Å². The van der Waals surface area contributed by atoms with Crippen molar-refractivity contribution in [2.45, 2.75) is 39.2 Å². The Kier molecular flexibility index (Phi) is 5.46. The second-order valence-electron chi connectivity index (χ2n) is 5.43. The molecular weight excluding hydrogens is 232 g/mol. The Morgan fingerprint density at radius 1 is 1.05 bits per heavy atom. The first-order valence-electron chi connectivity index (χ1n) is 7.53. The third-order valence-electron chi connectivity index (χ3n) is 3.76. The van der Waals surface area contributed by atoms with Crippen LogP contribution in [0.15, 0.2) is 36.5 Å². The van der Waals surface area contributed by atoms with E-state index < -0.39 is 0 Å². The van der Waals surface area contributed by atoms with Crippen molar-refractivity contribution in [3.63, 3.8) is 0 Å². The molecule has 0 unspecified atom stereocenters. The average molecular weight is 258 g/mol. The number of para-hydroxylation sites is 1. The molecule has 0 atom stereocenters. The lowest BCUT2D eigenvalue weighted by Crippen LogP contribution is -2.10. The van der Waals surface area contributed by atoms with Crippen LogP contribution in [-0.2, 0) is 6.54 Å². The van der Waals surface area contributed by atoms with Crippen LogP contribution in [0.3, 0.4) is 0 Å². The summed E-state index contributed by atoms with van der Waals surface area (Å²) in [6.07, 6.45) is 7.53. The van der Waals surface area contributed by atoms with Gasteiger partial charge in [0.25, 0.3) is 0 Å². The molecule has 1 saturated heterocycles. The summed E-state index contributed by atoms with van der Waals surface area (Å²) in [5, 5.41) is 1.35. The van der Waals surface area contributed by atoms with Gasteiger partial charge in [-0.25, -0.2) is 0 Å². The molecule has 0 N–H and O–H groups in total. The molecule has 0 aliphatic carbocycles. The van der Waals surface area contributed by atoms with Crippen molar-refractivity contribution in [3.05, 3.63) is 36.5 Å². The zero-order valence-corrected chi connectivity index (χ0v) is 12.3. The fourth-order valence-electron chi connectivity index (χ4n) is 2.54. The fraction of sp³-hybridized carbons (Fsp3) is 0.529. The molecule has 1 aromatic carbocycles. The number of hydrogen-bond donors (Lipinski definition) is 0. The molecule has 2 heteroatoms. The van der Waals surface area contributed by atoms with Crippen LogP contribution in [0.4, 0.5) is 0 Å². The number of aryl methyl sites for hydroxylation is 1. The fourth-order valence-corrected chi connectivity index (χ4v) is 2.54. The molecule has 0 spiro atoms. The number of benzene rings is 1. The van der Waals surface area contributed by atoms with Crippen molar-refractivity contribution in [3.8, 4) is 0 Å². The number of fused-ring (bicyclic) bond motifs is 1. The van der Waals surface area contributed by atoms with Crippen molar-refractivity contribution in [1.29, 1.82) is 0 Å². The minimum atomic E-state index is 1.14. The molecule has 3 rings (SSSR count). The maximum absolute atomic E-state index is 2.36. The number of likely N-dealkylation sites (tertiary alicyclic amines) is 1. The Morgan fingerprint density at radius 3 is 2.42 bits per heavy atom. The molecule has 0 amide bonds. The molecule has 2 nitrogen and oxygen atoms in total. The minimum absolute atomic E-state index is 1.14. The summed E-state index contributed by atoms with van der Waals surface area (Å²) in [6, 6.07) is 10.7. The van der Waals surface area contributed by atoms with Crippen molar-refractivity contribution >= 4 is 10.9 Å². The third-order valence-corrected chi connectivity index (χ3v) is 3.76. The number of nitrogens with zero attached hydrogens (tertiary/aromatic N) is 2. The van der Waals surface area contributed by atoms with Crippen LogP contribution in [-0.4, -0.2) is 29.6 Å². The number of unbranched alkanes of at least 4 members (excludes halogenated alkanes) is 1. The van der Waals surface area contributed by atoms with Crippen LogP contribution in [0.2, 0.25) is 0 Å². The molecule has 0 saturated carbocycles. The van der Waals surface area contributed by atoms with E-state index in [9.17, 15) is 0 Å². The van der Waals surface area contributed by atoms with E-state index in [0.29, 0.717) is 0 Å². The van der Waals surface area contributed by atoms with Crippen LogP contribution in [0, 0.1) is 0 Å². The lowest BCUT2D eigenvalue weighted by atomic mass is 10.2. The molecule has 2 heterocycles. The van der Waals surface area contributed by atoms with E-state index in [4.69, 9.17) is 0 Å². The van der Waals surface area contributed by atoms with Gasteiger partial charge in [-0.2, -0.15) is 0 Å². The first-order chi connectivity index (χ1) is 9.31. The summed E-state index contributed by atoms with van der Waals surface area (Å²) in [5.74, 6) is 0. The standard InChI is InChI=1S/C12H15N.C5H11N/c1-2-3-9-13-10-8-11-6-4-5-7-12(11)13;1-6-4-2-3-5-6/h4-8,10H,2-3,9H2,1H3;2-5H2,1H3. The summed E-state index contributed by atoms with van der Waals surface area (Å²) >= 11 is 0. The number of hydrogen-bond acceptors (Lipinski definition) is 1. The summed E-state index contributed by atoms with van der Waals surface area (Å²) in [5.41, 5.74) is 1.36. The second-order valence-corrected chi connectivity index (χ2v) is 5.43. The van der Waals surface area contributed by atoms with Crippen LogP contribution < -0.4 is 0 Å². The molecular formula is C17H26N2. The van der Waals surface area contributed by atoms with Crippen molar-refractivity contribution in [1.82, 2.24) is 9.47 Å². The maximum Gasteiger partial charge on any atom is 0.0480 e. The lowest BCUT2D eigenvalue weighted by Gasteiger charge is -2.02. The summed E-state index contributed by atoms with van der Waals surface area (Å²) in [6.45, 7) is 6.01. The van der Waals surface area contributed by atoms with Crippen LogP contribution in [0.25, 0.3) is 10.9 Å². The molecule has 0 radical (unpaired) electrons. The Morgan fingerprint density at radius 2 is 1.79 bits per heavy atom. The van der Waals surface area contributed by atoms with Crippen molar-refractivity contribution < 1.29 is 0 Å². The molecule has 2 aromatic rings. The van der Waals surface area contributed by atoms with E-state index in [1.807, 2.05) is 0 Å². The molecule has 1 aromatic heterocycles. The Labute approximate surface area is 117 Å². The van der Waals surface area contributed by atoms with Gasteiger partial charge in [0.1, 0.15) is 0 Å². The highest BCUT2D eigenvalue weighted by atomic mass is 15.1. The zero-order chi connectivity index (χ0) is 13.5. The van der Waals surface area contributed by atoms with Gasteiger partial charge in [-0.1, -0.05) is 31.5 Å². The lowest BCUT2D eigenvalue weighted by molar-refractivity contribution is 0.418.